The molecule has 3 rings (SSSR count). The Morgan fingerprint density at radius 3 is 2.53 bits per heavy atom. The van der Waals surface area contributed by atoms with Crippen molar-refractivity contribution in [3.05, 3.63) is 69.5 Å². The number of benzene rings is 2. The Hall–Kier alpha value is -2.17. The van der Waals surface area contributed by atoms with Gasteiger partial charge >= 0.3 is 5.97 Å². The van der Waals surface area contributed by atoms with Crippen LogP contribution in [0.15, 0.2) is 42.5 Å². The first-order chi connectivity index (χ1) is 15.1. The van der Waals surface area contributed by atoms with Gasteiger partial charge in [-0.1, -0.05) is 61.3 Å². The molecule has 1 saturated heterocycles. The Labute approximate surface area is 196 Å². The summed E-state index contributed by atoms with van der Waals surface area (Å²) in [4.78, 5) is 12.3. The van der Waals surface area contributed by atoms with E-state index in [0.29, 0.717) is 23.4 Å². The minimum atomic E-state index is -1.59. The van der Waals surface area contributed by atoms with E-state index < -0.39 is 40.6 Å². The lowest BCUT2D eigenvalue weighted by Gasteiger charge is -2.38. The third-order valence-electron chi connectivity index (χ3n) is 6.37. The highest BCUT2D eigenvalue weighted by atomic mass is 35.5. The molecule has 1 fully saturated rings. The molecular weight excluding hydrogens is 454 g/mol. The molecule has 0 unspecified atom stereocenters. The second-order valence-electron chi connectivity index (χ2n) is 8.98. The zero-order valence-corrected chi connectivity index (χ0v) is 19.3. The molecule has 0 spiro atoms. The fourth-order valence-electron chi connectivity index (χ4n) is 4.86. The number of nitrogens with zero attached hydrogens (tertiary/aromatic N) is 1. The van der Waals surface area contributed by atoms with Crippen molar-refractivity contribution in [3.8, 4) is 6.07 Å². The Morgan fingerprint density at radius 1 is 1.28 bits per heavy atom. The Balaban J connectivity index is 2.32. The highest BCUT2D eigenvalue weighted by Crippen LogP contribution is 2.53. The van der Waals surface area contributed by atoms with E-state index in [1.54, 1.807) is 24.3 Å². The van der Waals surface area contributed by atoms with Crippen molar-refractivity contribution in [2.75, 3.05) is 6.61 Å². The number of carbonyl (C=O) groups is 1. The topological polar surface area (TPSA) is 93.3 Å². The SMILES string of the molecule is CC(C)(CCO)C[C@@H]1N[C@@H](C(=O)O)[C@H](c2ccccc2Cl)[C@@]1(C#N)c1ccc(Cl)cc1F. The summed E-state index contributed by atoms with van der Waals surface area (Å²) in [7, 11) is 0. The molecule has 1 aliphatic rings. The average molecular weight is 479 g/mol. The van der Waals surface area contributed by atoms with Crippen LogP contribution >= 0.6 is 23.2 Å². The molecule has 0 bridgehead atoms. The summed E-state index contributed by atoms with van der Waals surface area (Å²) in [6, 6.07) is 11.2. The summed E-state index contributed by atoms with van der Waals surface area (Å²) in [6.07, 6.45) is 0.762. The molecule has 0 amide bonds. The third kappa shape index (κ3) is 4.35. The van der Waals surface area contributed by atoms with Gasteiger partial charge in [0.2, 0.25) is 0 Å². The Morgan fingerprint density at radius 2 is 1.97 bits per heavy atom. The zero-order valence-electron chi connectivity index (χ0n) is 17.8. The summed E-state index contributed by atoms with van der Waals surface area (Å²) in [5.74, 6) is -2.82. The number of hydrogen-bond acceptors (Lipinski definition) is 4. The molecule has 32 heavy (non-hydrogen) atoms. The van der Waals surface area contributed by atoms with E-state index in [1.807, 2.05) is 13.8 Å². The first-order valence-electron chi connectivity index (χ1n) is 10.3. The van der Waals surface area contributed by atoms with Crippen molar-refractivity contribution in [1.29, 1.82) is 5.26 Å². The molecule has 170 valence electrons. The lowest BCUT2D eigenvalue weighted by molar-refractivity contribution is -0.139. The van der Waals surface area contributed by atoms with Gasteiger partial charge in [-0.05, 0) is 42.0 Å². The summed E-state index contributed by atoms with van der Waals surface area (Å²) < 4.78 is 15.3. The van der Waals surface area contributed by atoms with Gasteiger partial charge in [-0.2, -0.15) is 5.26 Å². The monoisotopic (exact) mass is 478 g/mol. The minimum Gasteiger partial charge on any atom is -0.480 e. The number of nitrogens with one attached hydrogen (secondary N) is 1. The van der Waals surface area contributed by atoms with Gasteiger partial charge < -0.3 is 10.2 Å². The number of aliphatic carboxylic acids is 1. The van der Waals surface area contributed by atoms with Crippen molar-refractivity contribution < 1.29 is 19.4 Å². The van der Waals surface area contributed by atoms with E-state index in [-0.39, 0.29) is 17.2 Å². The molecule has 1 heterocycles. The van der Waals surface area contributed by atoms with Crippen LogP contribution in [0.5, 0.6) is 0 Å². The molecule has 2 aromatic rings. The van der Waals surface area contributed by atoms with E-state index >= 15 is 4.39 Å². The molecule has 8 heteroatoms. The van der Waals surface area contributed by atoms with Crippen LogP contribution in [0.4, 0.5) is 4.39 Å². The Bertz CT molecular complexity index is 1060. The summed E-state index contributed by atoms with van der Waals surface area (Å²) in [5, 5.41) is 33.7. The molecule has 0 aromatic heterocycles. The molecule has 0 aliphatic carbocycles. The predicted octanol–water partition coefficient (Wildman–Crippen LogP) is 4.90. The van der Waals surface area contributed by atoms with E-state index in [1.165, 1.54) is 12.1 Å². The van der Waals surface area contributed by atoms with Crippen molar-refractivity contribution in [2.45, 2.75) is 50.1 Å². The molecule has 0 radical (unpaired) electrons. The summed E-state index contributed by atoms with van der Waals surface area (Å²) in [6.45, 7) is 3.78. The predicted molar refractivity (Wildman–Crippen MR) is 121 cm³/mol. The number of carboxylic acids is 1. The number of carboxylic acid groups (broad SMARTS) is 1. The zero-order chi connectivity index (χ0) is 23.7. The number of aliphatic hydroxyl groups excluding tert-OH is 1. The quantitative estimate of drug-likeness (QED) is 0.525. The molecule has 3 N–H and O–H groups in total. The van der Waals surface area contributed by atoms with Crippen LogP contribution in [0.25, 0.3) is 0 Å². The normalized spacial score (nSPS) is 25.5. The first kappa shape index (κ1) is 24.5. The third-order valence-corrected chi connectivity index (χ3v) is 6.95. The van der Waals surface area contributed by atoms with Gasteiger partial charge in [0.1, 0.15) is 17.3 Å². The maximum Gasteiger partial charge on any atom is 0.321 e. The number of hydrogen-bond donors (Lipinski definition) is 3. The van der Waals surface area contributed by atoms with Crippen LogP contribution in [-0.4, -0.2) is 34.9 Å². The first-order valence-corrected chi connectivity index (χ1v) is 11.0. The molecule has 0 saturated carbocycles. The summed E-state index contributed by atoms with van der Waals surface area (Å²) in [5.41, 5.74) is -1.52. The van der Waals surface area contributed by atoms with Gasteiger partial charge in [-0.15, -0.1) is 0 Å². The van der Waals surface area contributed by atoms with Crippen molar-refractivity contribution >= 4 is 29.2 Å². The second-order valence-corrected chi connectivity index (χ2v) is 9.82. The Kier molecular flexibility index (Phi) is 7.16. The van der Waals surface area contributed by atoms with Gasteiger partial charge in [0.05, 0.1) is 6.07 Å². The van der Waals surface area contributed by atoms with Gasteiger partial charge in [0.15, 0.2) is 0 Å². The van der Waals surface area contributed by atoms with Crippen molar-refractivity contribution in [1.82, 2.24) is 5.32 Å². The van der Waals surface area contributed by atoms with E-state index in [0.717, 1.165) is 6.07 Å². The van der Waals surface area contributed by atoms with Gasteiger partial charge in [-0.3, -0.25) is 10.1 Å². The molecule has 2 aromatic carbocycles. The van der Waals surface area contributed by atoms with Crippen LogP contribution < -0.4 is 5.32 Å². The van der Waals surface area contributed by atoms with Crippen LogP contribution in [0.2, 0.25) is 10.0 Å². The van der Waals surface area contributed by atoms with E-state index in [4.69, 9.17) is 23.2 Å². The maximum absolute atomic E-state index is 15.3. The highest BCUT2D eigenvalue weighted by Gasteiger charge is 2.61. The fraction of sp³-hybridized carbons (Fsp3) is 0.417. The van der Waals surface area contributed by atoms with Crippen LogP contribution in [0.3, 0.4) is 0 Å². The summed E-state index contributed by atoms with van der Waals surface area (Å²) >= 11 is 12.4. The molecular formula is C24H25Cl2FN2O3. The van der Waals surface area contributed by atoms with Crippen molar-refractivity contribution in [2.24, 2.45) is 5.41 Å². The van der Waals surface area contributed by atoms with Crippen LogP contribution in [0.1, 0.15) is 43.7 Å². The number of halogens is 3. The van der Waals surface area contributed by atoms with Gasteiger partial charge in [-0.25, -0.2) is 4.39 Å². The lowest BCUT2D eigenvalue weighted by Crippen LogP contribution is -2.45. The molecule has 1 aliphatic heterocycles. The highest BCUT2D eigenvalue weighted by molar-refractivity contribution is 6.31. The molecule has 5 nitrogen and oxygen atoms in total. The number of aliphatic hydroxyl groups is 1. The largest absolute Gasteiger partial charge is 0.480 e. The van der Waals surface area contributed by atoms with E-state index in [2.05, 4.69) is 11.4 Å². The standard InChI is InChI=1S/C24H25Cl2FN2O3/c1-23(2,9-10-30)12-19-24(13-28,16-8-7-14(25)11-18(16)27)20(21(29-19)22(31)32)15-5-3-4-6-17(15)26/h3-8,11,19-21,29-30H,9-10,12H2,1-2H3,(H,31,32)/t19-,20-,21+,24-/m0/s1. The van der Waals surface area contributed by atoms with Gasteiger partial charge in [0.25, 0.3) is 0 Å². The second kappa shape index (κ2) is 9.36. The minimum absolute atomic E-state index is 0.0646. The molecule has 4 atom stereocenters. The van der Waals surface area contributed by atoms with Crippen molar-refractivity contribution in [3.63, 3.8) is 0 Å². The van der Waals surface area contributed by atoms with E-state index in [9.17, 15) is 20.3 Å². The van der Waals surface area contributed by atoms with Crippen LogP contribution in [0, 0.1) is 22.6 Å². The maximum atomic E-state index is 15.3. The number of nitriles is 1. The fourth-order valence-corrected chi connectivity index (χ4v) is 5.27. The number of rotatable bonds is 7. The van der Waals surface area contributed by atoms with Crippen LogP contribution in [-0.2, 0) is 10.2 Å². The smallest absolute Gasteiger partial charge is 0.321 e. The lowest BCUT2D eigenvalue weighted by atomic mass is 9.62. The average Bonchev–Trinajstić information content (AvgIpc) is 3.02. The van der Waals surface area contributed by atoms with Gasteiger partial charge in [0, 0.05) is 34.2 Å².